The highest BCUT2D eigenvalue weighted by atomic mass is 79.9. The highest BCUT2D eigenvalue weighted by Gasteiger charge is 2.53. The summed E-state index contributed by atoms with van der Waals surface area (Å²) in [5, 5.41) is 10.2. The number of aliphatic hydroxyl groups excluding tert-OH is 1. The maximum absolute atomic E-state index is 14.3. The lowest BCUT2D eigenvalue weighted by Crippen LogP contribution is -2.52. The van der Waals surface area contributed by atoms with Gasteiger partial charge in [0.25, 0.3) is 5.91 Å². The van der Waals surface area contributed by atoms with Gasteiger partial charge in [-0.15, -0.1) is 0 Å². The van der Waals surface area contributed by atoms with Crippen molar-refractivity contribution in [1.82, 2.24) is 10.9 Å². The van der Waals surface area contributed by atoms with E-state index in [2.05, 4.69) is 26.8 Å². The summed E-state index contributed by atoms with van der Waals surface area (Å²) in [6.07, 6.45) is 4.57. The maximum atomic E-state index is 14.3. The largest absolute Gasteiger partial charge is 0.494 e. The Bertz CT molecular complexity index is 1680. The number of hydrogen-bond acceptors (Lipinski definition) is 6. The van der Waals surface area contributed by atoms with Crippen molar-refractivity contribution < 1.29 is 19.4 Å². The first kappa shape index (κ1) is 33.7. The number of carbonyl (C=O) groups excluding carboxylic acids is 1. The molecule has 4 aromatic carbocycles. The van der Waals surface area contributed by atoms with Gasteiger partial charge in [0.15, 0.2) is 11.6 Å². The Balaban J connectivity index is 1.46. The van der Waals surface area contributed by atoms with Crippen LogP contribution in [0.3, 0.4) is 0 Å². The van der Waals surface area contributed by atoms with Gasteiger partial charge in [0.1, 0.15) is 5.75 Å². The second-order valence-electron chi connectivity index (χ2n) is 10.7. The van der Waals surface area contributed by atoms with Gasteiger partial charge in [0.2, 0.25) is 5.90 Å². The van der Waals surface area contributed by atoms with E-state index < -0.39 is 11.6 Å². The van der Waals surface area contributed by atoms with Gasteiger partial charge in [-0.1, -0.05) is 106 Å². The molecule has 10 heteroatoms. The molecule has 0 spiro atoms. The first-order valence-corrected chi connectivity index (χ1v) is 16.5. The molecule has 1 aliphatic rings. The monoisotopic (exact) mass is 721 g/mol. The van der Waals surface area contributed by atoms with Crippen LogP contribution in [0, 0.1) is 0 Å². The van der Waals surface area contributed by atoms with Crippen LogP contribution >= 0.6 is 39.1 Å². The zero-order valence-electron chi connectivity index (χ0n) is 25.0. The number of aliphatic imine (C=N–C) groups is 1. The van der Waals surface area contributed by atoms with E-state index in [1.165, 1.54) is 0 Å². The highest BCUT2D eigenvalue weighted by Crippen LogP contribution is 2.45. The second kappa shape index (κ2) is 16.3. The fourth-order valence-corrected chi connectivity index (χ4v) is 6.09. The third-order valence-corrected chi connectivity index (χ3v) is 8.80. The summed E-state index contributed by atoms with van der Waals surface area (Å²) in [6.45, 7) is 0.898. The Morgan fingerprint density at radius 1 is 1.02 bits per heavy atom. The first-order chi connectivity index (χ1) is 22.4. The number of aliphatic hydroxyl groups is 1. The standard InChI is InChI=1S/C36H34BrCl2N3O4/c37-31-12-5-4-11-30(31)33-36(20-6-10-25-8-2-1-3-9-25,35(44)42-40-21-19-26-13-16-28(38)24-32(26)39)41-34(46-33)27-14-17-29(18-15-27)45-23-7-22-43/h1-6,8-18,24,33,40,43H,7,19-23H2,(H,42,44)/b10-6+/t33-,36-/m0/s1. The third-order valence-electron chi connectivity index (χ3n) is 7.49. The molecule has 0 saturated carbocycles. The summed E-state index contributed by atoms with van der Waals surface area (Å²) in [6, 6.07) is 30.3. The summed E-state index contributed by atoms with van der Waals surface area (Å²) in [5.74, 6) is 0.670. The van der Waals surface area contributed by atoms with Crippen molar-refractivity contribution in [1.29, 1.82) is 0 Å². The van der Waals surface area contributed by atoms with Crippen LogP contribution in [0.1, 0.15) is 41.2 Å². The van der Waals surface area contributed by atoms with E-state index >= 15 is 0 Å². The second-order valence-corrected chi connectivity index (χ2v) is 12.4. The Hall–Kier alpha value is -3.66. The van der Waals surface area contributed by atoms with Crippen LogP contribution in [-0.4, -0.2) is 42.2 Å². The van der Waals surface area contributed by atoms with Crippen molar-refractivity contribution in [2.75, 3.05) is 19.8 Å². The fourth-order valence-electron chi connectivity index (χ4n) is 5.09. The molecule has 0 fully saturated rings. The van der Waals surface area contributed by atoms with Gasteiger partial charge in [0, 0.05) is 51.6 Å². The Morgan fingerprint density at radius 2 is 1.78 bits per heavy atom. The molecule has 0 radical (unpaired) electrons. The SMILES string of the molecule is O=C(NNCCc1ccc(Cl)cc1Cl)[C@@]1(C/C=C/c2ccccc2)N=C(c2ccc(OCCCO)cc2)O[C@H]1c1ccccc1Br. The number of benzene rings is 4. The number of carbonyl (C=O) groups is 1. The molecule has 1 amide bonds. The molecule has 0 unspecified atom stereocenters. The Labute approximate surface area is 287 Å². The summed E-state index contributed by atoms with van der Waals surface area (Å²) in [7, 11) is 0. The zero-order chi connectivity index (χ0) is 32.4. The van der Waals surface area contributed by atoms with E-state index in [9.17, 15) is 4.79 Å². The van der Waals surface area contributed by atoms with Crippen molar-refractivity contribution >= 4 is 57.0 Å². The van der Waals surface area contributed by atoms with E-state index in [4.69, 9.17) is 42.8 Å². The number of ether oxygens (including phenoxy) is 2. The molecule has 46 heavy (non-hydrogen) atoms. The molecule has 0 saturated heterocycles. The Morgan fingerprint density at radius 3 is 2.52 bits per heavy atom. The van der Waals surface area contributed by atoms with Gasteiger partial charge in [-0.05, 0) is 60.0 Å². The molecular weight excluding hydrogens is 689 g/mol. The smallest absolute Gasteiger partial charge is 0.266 e. The van der Waals surface area contributed by atoms with Crippen molar-refractivity contribution in [3.63, 3.8) is 0 Å². The first-order valence-electron chi connectivity index (χ1n) is 14.9. The average molecular weight is 723 g/mol. The number of rotatable bonds is 14. The summed E-state index contributed by atoms with van der Waals surface area (Å²) < 4.78 is 13.1. The predicted molar refractivity (Wildman–Crippen MR) is 187 cm³/mol. The van der Waals surface area contributed by atoms with Gasteiger partial charge >= 0.3 is 0 Å². The number of nitrogens with one attached hydrogen (secondary N) is 2. The van der Waals surface area contributed by atoms with E-state index in [-0.39, 0.29) is 18.9 Å². The van der Waals surface area contributed by atoms with Crippen molar-refractivity contribution in [3.8, 4) is 5.75 Å². The summed E-state index contributed by atoms with van der Waals surface area (Å²) in [4.78, 5) is 19.4. The molecule has 0 aliphatic carbocycles. The Kier molecular flexibility index (Phi) is 11.9. The minimum atomic E-state index is -1.36. The van der Waals surface area contributed by atoms with Gasteiger partial charge < -0.3 is 14.6 Å². The normalized spacial score (nSPS) is 17.5. The minimum absolute atomic E-state index is 0.0613. The average Bonchev–Trinajstić information content (AvgIpc) is 3.45. The molecule has 0 aromatic heterocycles. The number of hydrogen-bond donors (Lipinski definition) is 3. The third kappa shape index (κ3) is 8.37. The molecule has 4 aromatic rings. The summed E-state index contributed by atoms with van der Waals surface area (Å²) >= 11 is 16.1. The fraction of sp³-hybridized carbons (Fsp3) is 0.222. The molecule has 2 atom stereocenters. The lowest BCUT2D eigenvalue weighted by Gasteiger charge is -2.30. The van der Waals surface area contributed by atoms with Crippen LogP contribution in [0.2, 0.25) is 10.0 Å². The van der Waals surface area contributed by atoms with Crippen LogP contribution in [0.4, 0.5) is 0 Å². The topological polar surface area (TPSA) is 92.2 Å². The molecule has 3 N–H and O–H groups in total. The van der Waals surface area contributed by atoms with Crippen LogP contribution in [-0.2, 0) is 16.0 Å². The molecule has 238 valence electrons. The van der Waals surface area contributed by atoms with Gasteiger partial charge in [0.05, 0.1) is 6.61 Å². The van der Waals surface area contributed by atoms with Gasteiger partial charge in [-0.25, -0.2) is 10.4 Å². The maximum Gasteiger partial charge on any atom is 0.266 e. The number of halogens is 3. The predicted octanol–water partition coefficient (Wildman–Crippen LogP) is 7.74. The van der Waals surface area contributed by atoms with Crippen molar-refractivity contribution in [2.45, 2.75) is 30.9 Å². The van der Waals surface area contributed by atoms with Gasteiger partial charge in [-0.3, -0.25) is 10.2 Å². The molecule has 7 nitrogen and oxygen atoms in total. The van der Waals surface area contributed by atoms with E-state index in [0.717, 1.165) is 21.2 Å². The van der Waals surface area contributed by atoms with Crippen LogP contribution in [0.25, 0.3) is 6.08 Å². The highest BCUT2D eigenvalue weighted by molar-refractivity contribution is 9.10. The molecule has 5 rings (SSSR count). The zero-order valence-corrected chi connectivity index (χ0v) is 28.1. The number of amides is 1. The van der Waals surface area contributed by atoms with Crippen LogP contribution in [0.15, 0.2) is 113 Å². The number of nitrogens with zero attached hydrogens (tertiary/aromatic N) is 1. The molecule has 1 aliphatic heterocycles. The molecular formula is C36H34BrCl2N3O4. The lowest BCUT2D eigenvalue weighted by molar-refractivity contribution is -0.129. The van der Waals surface area contributed by atoms with E-state index in [1.807, 2.05) is 97.1 Å². The van der Waals surface area contributed by atoms with E-state index in [0.29, 0.717) is 53.2 Å². The van der Waals surface area contributed by atoms with E-state index in [1.54, 1.807) is 12.1 Å². The van der Waals surface area contributed by atoms with Crippen LogP contribution < -0.4 is 15.6 Å². The summed E-state index contributed by atoms with van der Waals surface area (Å²) in [5.41, 5.74) is 8.04. The number of hydrazine groups is 1. The quantitative estimate of drug-likeness (QED) is 0.0915. The van der Waals surface area contributed by atoms with Crippen molar-refractivity contribution in [2.24, 2.45) is 4.99 Å². The van der Waals surface area contributed by atoms with Crippen molar-refractivity contribution in [3.05, 3.63) is 140 Å². The van der Waals surface area contributed by atoms with Crippen LogP contribution in [0.5, 0.6) is 5.75 Å². The lowest BCUT2D eigenvalue weighted by atomic mass is 9.84. The molecule has 0 bridgehead atoms. The molecule has 1 heterocycles. The van der Waals surface area contributed by atoms with Gasteiger partial charge in [-0.2, -0.15) is 0 Å². The minimum Gasteiger partial charge on any atom is -0.494 e.